The van der Waals surface area contributed by atoms with Gasteiger partial charge in [0.15, 0.2) is 0 Å². The Morgan fingerprint density at radius 1 is 1.38 bits per heavy atom. The molecule has 1 saturated carbocycles. The number of benzene rings is 1. The maximum Gasteiger partial charge on any atom is 0.327 e. The minimum absolute atomic E-state index is 0.0198. The Morgan fingerprint density at radius 2 is 2.08 bits per heavy atom. The number of hydrogen-bond donors (Lipinski definition) is 0. The second kappa shape index (κ2) is 8.63. The lowest BCUT2D eigenvalue weighted by Gasteiger charge is -2.36. The topological polar surface area (TPSA) is 62.4 Å². The summed E-state index contributed by atoms with van der Waals surface area (Å²) >= 11 is 0. The Labute approximate surface area is 144 Å². The van der Waals surface area contributed by atoms with Gasteiger partial charge in [-0.25, -0.2) is 0 Å². The predicted molar refractivity (Wildman–Crippen MR) is 94.8 cm³/mol. The highest BCUT2D eigenvalue weighted by molar-refractivity contribution is 5.82. The van der Waals surface area contributed by atoms with E-state index in [1.54, 1.807) is 18.3 Å². The van der Waals surface area contributed by atoms with Crippen LogP contribution in [0.4, 0.5) is 0 Å². The van der Waals surface area contributed by atoms with Gasteiger partial charge < -0.3 is 4.74 Å². The van der Waals surface area contributed by atoms with Crippen molar-refractivity contribution >= 4 is 12.2 Å². The molecular weight excluding hydrogens is 300 g/mol. The Balaban J connectivity index is 1.87. The summed E-state index contributed by atoms with van der Waals surface area (Å²) in [5, 5.41) is 8.77. The smallest absolute Gasteiger partial charge is 0.327 e. The monoisotopic (exact) mass is 326 g/mol. The van der Waals surface area contributed by atoms with Crippen LogP contribution in [-0.2, 0) is 9.53 Å². The van der Waals surface area contributed by atoms with E-state index in [-0.39, 0.29) is 18.6 Å². The molecule has 0 heterocycles. The maximum atomic E-state index is 12.1. The van der Waals surface area contributed by atoms with Crippen molar-refractivity contribution in [1.29, 1.82) is 5.26 Å². The number of nitrogens with zero attached hydrogens (tertiary/aromatic N) is 2. The SMILES string of the molecule is CC(C)[C@@H]1CC[C@@H](C)C[C@H]1OC(=O)CN=Cc1ccc(C#N)cc1. The molecule has 0 amide bonds. The van der Waals surface area contributed by atoms with E-state index in [4.69, 9.17) is 10.00 Å². The molecule has 1 aromatic carbocycles. The first-order valence-corrected chi connectivity index (χ1v) is 8.69. The van der Waals surface area contributed by atoms with Crippen LogP contribution >= 0.6 is 0 Å². The van der Waals surface area contributed by atoms with Crippen LogP contribution in [0, 0.1) is 29.1 Å². The second-order valence-electron chi connectivity index (χ2n) is 7.06. The molecule has 1 aromatic rings. The van der Waals surface area contributed by atoms with Crippen molar-refractivity contribution < 1.29 is 9.53 Å². The molecule has 4 heteroatoms. The van der Waals surface area contributed by atoms with E-state index in [0.717, 1.165) is 18.4 Å². The lowest BCUT2D eigenvalue weighted by Crippen LogP contribution is -2.36. The van der Waals surface area contributed by atoms with Crippen molar-refractivity contribution in [1.82, 2.24) is 0 Å². The first-order valence-electron chi connectivity index (χ1n) is 8.69. The number of esters is 1. The van der Waals surface area contributed by atoms with Crippen LogP contribution < -0.4 is 0 Å². The van der Waals surface area contributed by atoms with E-state index < -0.39 is 0 Å². The van der Waals surface area contributed by atoms with Crippen LogP contribution in [-0.4, -0.2) is 24.8 Å². The lowest BCUT2D eigenvalue weighted by molar-refractivity contribution is -0.154. The summed E-state index contributed by atoms with van der Waals surface area (Å²) in [5.74, 6) is 1.33. The van der Waals surface area contributed by atoms with Gasteiger partial charge in [-0.15, -0.1) is 0 Å². The molecule has 0 spiro atoms. The van der Waals surface area contributed by atoms with Gasteiger partial charge >= 0.3 is 5.97 Å². The van der Waals surface area contributed by atoms with Gasteiger partial charge in [0.25, 0.3) is 0 Å². The fraction of sp³-hybridized carbons (Fsp3) is 0.550. The lowest BCUT2D eigenvalue weighted by atomic mass is 9.75. The fourth-order valence-electron chi connectivity index (χ4n) is 3.33. The standard InChI is InChI=1S/C20H26N2O2/c1-14(2)18-9-4-15(3)10-19(18)24-20(23)13-22-12-17-7-5-16(11-21)6-8-17/h5-8,12,14-15,18-19H,4,9-10,13H2,1-3H3/t15-,18+,19-/m1/s1. The molecule has 0 bridgehead atoms. The summed E-state index contributed by atoms with van der Waals surface area (Å²) < 4.78 is 5.71. The molecular formula is C20H26N2O2. The number of aliphatic imine (C=N–C) groups is 1. The summed E-state index contributed by atoms with van der Waals surface area (Å²) in [6.45, 7) is 6.66. The highest BCUT2D eigenvalue weighted by Crippen LogP contribution is 2.35. The maximum absolute atomic E-state index is 12.1. The third-order valence-corrected chi connectivity index (χ3v) is 4.74. The van der Waals surface area contributed by atoms with E-state index in [9.17, 15) is 4.79 Å². The van der Waals surface area contributed by atoms with Crippen molar-refractivity contribution in [3.8, 4) is 6.07 Å². The zero-order valence-corrected chi connectivity index (χ0v) is 14.7. The quantitative estimate of drug-likeness (QED) is 0.607. The van der Waals surface area contributed by atoms with E-state index in [2.05, 4.69) is 31.8 Å². The number of ether oxygens (including phenoxy) is 1. The predicted octanol–water partition coefficient (Wildman–Crippen LogP) is 3.98. The molecule has 0 saturated heterocycles. The molecule has 0 aromatic heterocycles. The summed E-state index contributed by atoms with van der Waals surface area (Å²) in [4.78, 5) is 16.3. The van der Waals surface area contributed by atoms with Crippen LogP contribution in [0.5, 0.6) is 0 Å². The van der Waals surface area contributed by atoms with Gasteiger partial charge in [0.2, 0.25) is 0 Å². The van der Waals surface area contributed by atoms with Crippen molar-refractivity contribution in [2.45, 2.75) is 46.1 Å². The van der Waals surface area contributed by atoms with Gasteiger partial charge in [-0.2, -0.15) is 5.26 Å². The van der Waals surface area contributed by atoms with Crippen molar-refractivity contribution in [2.24, 2.45) is 22.7 Å². The Hall–Kier alpha value is -2.15. The highest BCUT2D eigenvalue weighted by Gasteiger charge is 2.33. The van der Waals surface area contributed by atoms with Gasteiger partial charge in [-0.1, -0.05) is 39.3 Å². The molecule has 0 radical (unpaired) electrons. The van der Waals surface area contributed by atoms with E-state index in [0.29, 0.717) is 23.3 Å². The second-order valence-corrected chi connectivity index (χ2v) is 7.06. The van der Waals surface area contributed by atoms with Crippen LogP contribution in [0.3, 0.4) is 0 Å². The minimum Gasteiger partial charge on any atom is -0.461 e. The van der Waals surface area contributed by atoms with E-state index in [1.165, 1.54) is 6.42 Å². The summed E-state index contributed by atoms with van der Waals surface area (Å²) in [5.41, 5.74) is 1.48. The van der Waals surface area contributed by atoms with Gasteiger partial charge in [0.05, 0.1) is 11.6 Å². The van der Waals surface area contributed by atoms with Gasteiger partial charge in [-0.3, -0.25) is 9.79 Å². The van der Waals surface area contributed by atoms with E-state index in [1.807, 2.05) is 12.1 Å². The molecule has 2 rings (SSSR count). The molecule has 1 aliphatic rings. The van der Waals surface area contributed by atoms with Gasteiger partial charge in [0.1, 0.15) is 12.6 Å². The van der Waals surface area contributed by atoms with Crippen LogP contribution in [0.1, 0.15) is 51.2 Å². The summed E-state index contributed by atoms with van der Waals surface area (Å²) in [6.07, 6.45) is 4.96. The first-order chi connectivity index (χ1) is 11.5. The van der Waals surface area contributed by atoms with Crippen LogP contribution in [0.25, 0.3) is 0 Å². The van der Waals surface area contributed by atoms with Crippen LogP contribution in [0.2, 0.25) is 0 Å². The minimum atomic E-state index is -0.260. The molecule has 0 aliphatic heterocycles. The first kappa shape index (κ1) is 18.2. The zero-order chi connectivity index (χ0) is 17.5. The Morgan fingerprint density at radius 3 is 2.71 bits per heavy atom. The average molecular weight is 326 g/mol. The third-order valence-electron chi connectivity index (χ3n) is 4.74. The molecule has 128 valence electrons. The molecule has 1 fully saturated rings. The number of carbonyl (C=O) groups excluding carboxylic acids is 1. The average Bonchev–Trinajstić information content (AvgIpc) is 2.55. The van der Waals surface area contributed by atoms with Gasteiger partial charge in [-0.05, 0) is 48.3 Å². The van der Waals surface area contributed by atoms with Crippen molar-refractivity contribution in [3.05, 3.63) is 35.4 Å². The normalized spacial score (nSPS) is 24.0. The molecule has 1 aliphatic carbocycles. The molecule has 4 nitrogen and oxygen atoms in total. The fourth-order valence-corrected chi connectivity index (χ4v) is 3.33. The molecule has 0 unspecified atom stereocenters. The van der Waals surface area contributed by atoms with Crippen molar-refractivity contribution in [3.63, 3.8) is 0 Å². The number of hydrogen-bond acceptors (Lipinski definition) is 4. The number of carbonyl (C=O) groups is 1. The third kappa shape index (κ3) is 5.19. The Kier molecular flexibility index (Phi) is 6.54. The highest BCUT2D eigenvalue weighted by atomic mass is 16.5. The van der Waals surface area contributed by atoms with E-state index >= 15 is 0 Å². The van der Waals surface area contributed by atoms with Gasteiger partial charge in [0, 0.05) is 6.21 Å². The molecule has 0 N–H and O–H groups in total. The summed E-state index contributed by atoms with van der Waals surface area (Å²) in [7, 11) is 0. The number of rotatable bonds is 5. The molecule has 24 heavy (non-hydrogen) atoms. The van der Waals surface area contributed by atoms with Crippen molar-refractivity contribution in [2.75, 3.05) is 6.54 Å². The Bertz CT molecular complexity index is 614. The largest absolute Gasteiger partial charge is 0.461 e. The number of nitriles is 1. The summed E-state index contributed by atoms with van der Waals surface area (Å²) in [6, 6.07) is 9.16. The van der Waals surface area contributed by atoms with Crippen LogP contribution in [0.15, 0.2) is 29.3 Å². The zero-order valence-electron chi connectivity index (χ0n) is 14.7. The molecule has 3 atom stereocenters.